The Labute approximate surface area is 208 Å². The number of carbonyl (C=O) groups is 4. The van der Waals surface area contributed by atoms with Gasteiger partial charge in [-0.2, -0.15) is 0 Å². The first-order valence-electron chi connectivity index (χ1n) is 11.5. The molecular weight excluding hydrogens is 464 g/mol. The van der Waals surface area contributed by atoms with Crippen molar-refractivity contribution in [3.05, 3.63) is 76.7 Å². The van der Waals surface area contributed by atoms with Crippen molar-refractivity contribution < 1.29 is 19.2 Å². The van der Waals surface area contributed by atoms with Crippen molar-refractivity contribution in [1.82, 2.24) is 15.1 Å². The lowest BCUT2D eigenvalue weighted by Crippen LogP contribution is -2.64. The first-order valence-corrected chi connectivity index (χ1v) is 12.4. The number of fused-ring (bicyclic) bond motifs is 1. The third-order valence-corrected chi connectivity index (χ3v) is 7.23. The summed E-state index contributed by atoms with van der Waals surface area (Å²) < 4.78 is 0. The molecule has 1 saturated heterocycles. The molecule has 2 atom stereocenters. The van der Waals surface area contributed by atoms with Crippen LogP contribution in [-0.4, -0.2) is 64.5 Å². The van der Waals surface area contributed by atoms with Gasteiger partial charge < -0.3 is 15.5 Å². The molecule has 2 aliphatic heterocycles. The van der Waals surface area contributed by atoms with Gasteiger partial charge in [0.15, 0.2) is 0 Å². The van der Waals surface area contributed by atoms with Crippen molar-refractivity contribution in [1.29, 1.82) is 0 Å². The molecular formula is C26H28N4O4S. The normalized spacial score (nSPS) is 19.0. The molecule has 2 aliphatic rings. The summed E-state index contributed by atoms with van der Waals surface area (Å²) in [5, 5.41) is 6.79. The highest BCUT2D eigenvalue weighted by Crippen LogP contribution is 2.34. The molecule has 2 heterocycles. The zero-order valence-electron chi connectivity index (χ0n) is 19.7. The molecule has 0 spiro atoms. The highest BCUT2D eigenvalue weighted by Gasteiger charge is 2.48. The minimum atomic E-state index is -0.642. The molecule has 182 valence electrons. The Bertz CT molecular complexity index is 1170. The first kappa shape index (κ1) is 24.5. The summed E-state index contributed by atoms with van der Waals surface area (Å²) in [6.45, 7) is 3.73. The fourth-order valence-electron chi connectivity index (χ4n) is 4.08. The number of rotatable bonds is 8. The quantitative estimate of drug-likeness (QED) is 0.591. The van der Waals surface area contributed by atoms with E-state index >= 15 is 0 Å². The van der Waals surface area contributed by atoms with Crippen molar-refractivity contribution >= 4 is 41.2 Å². The monoisotopic (exact) mass is 492 g/mol. The topological polar surface area (TPSA) is 98.8 Å². The molecule has 9 heteroatoms. The van der Waals surface area contributed by atoms with Crippen molar-refractivity contribution in [2.75, 3.05) is 25.0 Å². The third-order valence-electron chi connectivity index (χ3n) is 6.14. The molecule has 5 amide bonds. The van der Waals surface area contributed by atoms with E-state index in [1.54, 1.807) is 11.5 Å². The number of thioether (sulfide) groups is 1. The van der Waals surface area contributed by atoms with Crippen LogP contribution in [0.2, 0.25) is 0 Å². The molecule has 1 fully saturated rings. The lowest BCUT2D eigenvalue weighted by atomic mass is 10.1. The van der Waals surface area contributed by atoms with Crippen LogP contribution in [0.3, 0.4) is 0 Å². The van der Waals surface area contributed by atoms with E-state index in [2.05, 4.69) is 10.6 Å². The molecule has 0 saturated carbocycles. The van der Waals surface area contributed by atoms with Crippen LogP contribution in [0.15, 0.2) is 60.0 Å². The van der Waals surface area contributed by atoms with Crippen LogP contribution >= 0.6 is 11.8 Å². The Morgan fingerprint density at radius 2 is 1.74 bits per heavy atom. The number of nitrogens with zero attached hydrogens (tertiary/aromatic N) is 2. The second kappa shape index (κ2) is 10.8. The molecule has 2 aromatic rings. The van der Waals surface area contributed by atoms with Crippen molar-refractivity contribution in [3.8, 4) is 0 Å². The molecule has 35 heavy (non-hydrogen) atoms. The SMILES string of the molecule is Cc1ccc(NC(=O)CN2C(=O)N(CC(=O)NCCc3ccccc3)C(=O)C3SC=CC32)cc1C. The van der Waals surface area contributed by atoms with Crippen LogP contribution in [-0.2, 0) is 20.8 Å². The van der Waals surface area contributed by atoms with E-state index in [0.29, 0.717) is 18.7 Å². The summed E-state index contributed by atoms with van der Waals surface area (Å²) in [7, 11) is 0. The fourth-order valence-corrected chi connectivity index (χ4v) is 5.14. The smallest absolute Gasteiger partial charge is 0.328 e. The molecule has 0 bridgehead atoms. The maximum Gasteiger partial charge on any atom is 0.328 e. The lowest BCUT2D eigenvalue weighted by Gasteiger charge is -2.40. The minimum absolute atomic E-state index is 0.225. The summed E-state index contributed by atoms with van der Waals surface area (Å²) in [5.41, 5.74) is 3.87. The molecule has 0 radical (unpaired) electrons. The fraction of sp³-hybridized carbons (Fsp3) is 0.308. The van der Waals surface area contributed by atoms with Crippen LogP contribution in [0.4, 0.5) is 10.5 Å². The Morgan fingerprint density at radius 1 is 0.971 bits per heavy atom. The molecule has 2 aromatic carbocycles. The summed E-state index contributed by atoms with van der Waals surface area (Å²) in [4.78, 5) is 53.8. The van der Waals surface area contributed by atoms with E-state index in [1.807, 2.05) is 62.4 Å². The Balaban J connectivity index is 1.39. The highest BCUT2D eigenvalue weighted by atomic mass is 32.2. The summed E-state index contributed by atoms with van der Waals surface area (Å²) in [6, 6.07) is 14.1. The van der Waals surface area contributed by atoms with Gasteiger partial charge in [-0.15, -0.1) is 11.8 Å². The van der Waals surface area contributed by atoms with Crippen LogP contribution < -0.4 is 10.6 Å². The zero-order valence-corrected chi connectivity index (χ0v) is 20.5. The largest absolute Gasteiger partial charge is 0.354 e. The van der Waals surface area contributed by atoms with Gasteiger partial charge in [0, 0.05) is 12.2 Å². The Hall–Kier alpha value is -3.59. The lowest BCUT2D eigenvalue weighted by molar-refractivity contribution is -0.136. The predicted octanol–water partition coefficient (Wildman–Crippen LogP) is 2.86. The van der Waals surface area contributed by atoms with Crippen molar-refractivity contribution in [3.63, 3.8) is 0 Å². The second-order valence-electron chi connectivity index (χ2n) is 8.64. The second-order valence-corrected chi connectivity index (χ2v) is 9.70. The maximum absolute atomic E-state index is 13.2. The number of amides is 5. The van der Waals surface area contributed by atoms with Gasteiger partial charge in [-0.05, 0) is 54.5 Å². The first-order chi connectivity index (χ1) is 16.8. The van der Waals surface area contributed by atoms with E-state index in [-0.39, 0.29) is 19.0 Å². The average molecular weight is 493 g/mol. The van der Waals surface area contributed by atoms with Gasteiger partial charge in [-0.1, -0.05) is 42.5 Å². The maximum atomic E-state index is 13.2. The van der Waals surface area contributed by atoms with Crippen molar-refractivity contribution in [2.24, 2.45) is 0 Å². The minimum Gasteiger partial charge on any atom is -0.354 e. The highest BCUT2D eigenvalue weighted by molar-refractivity contribution is 8.03. The van der Waals surface area contributed by atoms with Gasteiger partial charge in [-0.25, -0.2) is 4.79 Å². The van der Waals surface area contributed by atoms with Gasteiger partial charge >= 0.3 is 6.03 Å². The summed E-state index contributed by atoms with van der Waals surface area (Å²) in [6.07, 6.45) is 2.40. The summed E-state index contributed by atoms with van der Waals surface area (Å²) >= 11 is 1.29. The number of hydrogen-bond donors (Lipinski definition) is 2. The van der Waals surface area contributed by atoms with Gasteiger partial charge in [0.2, 0.25) is 17.7 Å². The van der Waals surface area contributed by atoms with E-state index in [1.165, 1.54) is 16.7 Å². The van der Waals surface area contributed by atoms with Crippen LogP contribution in [0.5, 0.6) is 0 Å². The molecule has 0 aromatic heterocycles. The number of nitrogens with one attached hydrogen (secondary N) is 2. The van der Waals surface area contributed by atoms with E-state index in [9.17, 15) is 19.2 Å². The molecule has 4 rings (SSSR count). The number of imide groups is 1. The number of aryl methyl sites for hydroxylation is 2. The predicted molar refractivity (Wildman–Crippen MR) is 136 cm³/mol. The van der Waals surface area contributed by atoms with E-state index in [4.69, 9.17) is 0 Å². The Kier molecular flexibility index (Phi) is 7.55. The van der Waals surface area contributed by atoms with E-state index in [0.717, 1.165) is 21.6 Å². The molecule has 0 aliphatic carbocycles. The number of hydrogen-bond acceptors (Lipinski definition) is 5. The van der Waals surface area contributed by atoms with Gasteiger partial charge in [0.1, 0.15) is 18.3 Å². The van der Waals surface area contributed by atoms with E-state index < -0.39 is 29.1 Å². The number of benzene rings is 2. The number of carbonyl (C=O) groups excluding carboxylic acids is 4. The van der Waals surface area contributed by atoms with Crippen LogP contribution in [0, 0.1) is 13.8 Å². The Morgan fingerprint density at radius 3 is 2.49 bits per heavy atom. The van der Waals surface area contributed by atoms with Gasteiger partial charge in [-0.3, -0.25) is 19.3 Å². The molecule has 2 N–H and O–H groups in total. The van der Waals surface area contributed by atoms with Crippen LogP contribution in [0.25, 0.3) is 0 Å². The van der Waals surface area contributed by atoms with Gasteiger partial charge in [0.25, 0.3) is 0 Å². The average Bonchev–Trinajstić information content (AvgIpc) is 3.33. The van der Waals surface area contributed by atoms with Crippen LogP contribution in [0.1, 0.15) is 16.7 Å². The standard InChI is InChI=1S/C26H28N4O4S/c1-17-8-9-20(14-18(17)2)28-23(32)16-29-21-11-13-35-24(21)25(33)30(26(29)34)15-22(31)27-12-10-19-6-4-3-5-7-19/h3-9,11,13-14,21,24H,10,12,15-16H2,1-2H3,(H,27,31)(H,28,32). The zero-order chi connectivity index (χ0) is 24.9. The number of urea groups is 1. The third kappa shape index (κ3) is 5.74. The molecule has 8 nitrogen and oxygen atoms in total. The molecule has 2 unspecified atom stereocenters. The summed E-state index contributed by atoms with van der Waals surface area (Å²) in [5.74, 6) is -1.21. The van der Waals surface area contributed by atoms with Crippen molar-refractivity contribution in [2.45, 2.75) is 31.6 Å². The number of anilines is 1. The van der Waals surface area contributed by atoms with Gasteiger partial charge in [0.05, 0.1) is 6.04 Å².